The monoisotopic (exact) mass is 512 g/mol. The fraction of sp³-hybridized carbons (Fsp3) is 0.250. The molecule has 1 atom stereocenters. The number of halogens is 5. The molecule has 0 saturated carbocycles. The molecule has 1 aliphatic heterocycles. The molecule has 1 aliphatic rings. The summed E-state index contributed by atoms with van der Waals surface area (Å²) >= 11 is 12.8. The number of carbonyl (C=O) groups is 1. The van der Waals surface area contributed by atoms with Gasteiger partial charge in [0.1, 0.15) is 0 Å². The third-order valence-corrected chi connectivity index (χ3v) is 5.86. The van der Waals surface area contributed by atoms with E-state index in [9.17, 15) is 13.2 Å². The maximum atomic E-state index is 10.6. The van der Waals surface area contributed by atoms with Crippen LogP contribution in [0.4, 0.5) is 13.2 Å². The molecule has 10 heteroatoms. The van der Waals surface area contributed by atoms with E-state index < -0.39 is 12.1 Å². The van der Waals surface area contributed by atoms with Gasteiger partial charge in [-0.05, 0) is 53.1 Å². The Kier molecular flexibility index (Phi) is 8.07. The smallest absolute Gasteiger partial charge is 0.481 e. The van der Waals surface area contributed by atoms with Crippen LogP contribution < -0.4 is 4.74 Å². The number of alkyl halides is 3. The lowest BCUT2D eigenvalue weighted by atomic mass is 9.84. The molecule has 34 heavy (non-hydrogen) atoms. The lowest BCUT2D eigenvalue weighted by molar-refractivity contribution is -0.192. The van der Waals surface area contributed by atoms with E-state index >= 15 is 0 Å². The number of nitrogens with zero attached hydrogens (tertiary/aromatic N) is 2. The van der Waals surface area contributed by atoms with Crippen LogP contribution in [0.5, 0.6) is 5.88 Å². The highest BCUT2D eigenvalue weighted by Crippen LogP contribution is 2.39. The number of carboxylic acids is 1. The van der Waals surface area contributed by atoms with E-state index in [1.54, 1.807) is 13.3 Å². The summed E-state index contributed by atoms with van der Waals surface area (Å²) in [6.07, 6.45) is -3.32. The van der Waals surface area contributed by atoms with Crippen LogP contribution in [0.2, 0.25) is 10.0 Å². The molecule has 4 rings (SSSR count). The second-order valence-corrected chi connectivity index (χ2v) is 8.56. The number of ether oxygens (including phenoxy) is 1. The SMILES string of the molecule is COc1cc(-c2cccc([C@@H]3CN(C)Cc4c(Cl)cc(Cl)cc43)c2)ccn1.O=C(O)C(F)(F)F. The molecular weight excluding hydrogens is 492 g/mol. The fourth-order valence-corrected chi connectivity index (χ4v) is 4.34. The molecule has 2 aromatic carbocycles. The molecule has 180 valence electrons. The van der Waals surface area contributed by atoms with Crippen LogP contribution in [0.15, 0.2) is 54.7 Å². The first-order chi connectivity index (χ1) is 16.0. The number of rotatable bonds is 3. The van der Waals surface area contributed by atoms with Crippen molar-refractivity contribution in [2.45, 2.75) is 18.6 Å². The third kappa shape index (κ3) is 6.20. The van der Waals surface area contributed by atoms with Gasteiger partial charge in [-0.3, -0.25) is 0 Å². The van der Waals surface area contributed by atoms with Crippen LogP contribution in [-0.2, 0) is 11.3 Å². The van der Waals surface area contributed by atoms with Crippen molar-refractivity contribution in [3.8, 4) is 17.0 Å². The van der Waals surface area contributed by atoms with Crippen LogP contribution in [0, 0.1) is 0 Å². The predicted molar refractivity (Wildman–Crippen MR) is 125 cm³/mol. The highest BCUT2D eigenvalue weighted by atomic mass is 35.5. The van der Waals surface area contributed by atoms with Crippen molar-refractivity contribution in [2.24, 2.45) is 0 Å². The third-order valence-electron chi connectivity index (χ3n) is 5.30. The maximum Gasteiger partial charge on any atom is 0.490 e. The number of pyridine rings is 1. The Morgan fingerprint density at radius 3 is 2.47 bits per heavy atom. The Bertz CT molecular complexity index is 1190. The topological polar surface area (TPSA) is 62.7 Å². The van der Waals surface area contributed by atoms with Gasteiger partial charge < -0.3 is 14.7 Å². The van der Waals surface area contributed by atoms with Crippen LogP contribution >= 0.6 is 23.2 Å². The number of likely N-dealkylation sites (N-methyl/N-ethyl adjacent to an activating group) is 1. The minimum Gasteiger partial charge on any atom is -0.481 e. The Morgan fingerprint density at radius 1 is 1.15 bits per heavy atom. The van der Waals surface area contributed by atoms with Gasteiger partial charge in [0.15, 0.2) is 0 Å². The van der Waals surface area contributed by atoms with Gasteiger partial charge in [0.05, 0.1) is 7.11 Å². The Morgan fingerprint density at radius 2 is 1.82 bits per heavy atom. The maximum absolute atomic E-state index is 10.6. The lowest BCUT2D eigenvalue weighted by Crippen LogP contribution is -2.31. The van der Waals surface area contributed by atoms with Gasteiger partial charge in [0.25, 0.3) is 0 Å². The molecule has 1 N–H and O–H groups in total. The molecule has 0 saturated heterocycles. The highest BCUT2D eigenvalue weighted by molar-refractivity contribution is 6.35. The zero-order valence-electron chi connectivity index (χ0n) is 18.2. The standard InChI is InChI=1S/C22H20Cl2N2O.C2HF3O2/c1-26-12-19(18-10-17(23)11-21(24)20(18)13-26)16-5-3-4-14(8-16)15-6-7-25-22(9-15)27-2;3-2(4,5)1(6)7/h3-11,19H,12-13H2,1-2H3;(H,6,7)/t19-;/m0./s1. The molecule has 0 bridgehead atoms. The van der Waals surface area contributed by atoms with Crippen molar-refractivity contribution in [3.05, 3.63) is 81.5 Å². The zero-order chi connectivity index (χ0) is 25.0. The van der Waals surface area contributed by atoms with E-state index in [1.165, 1.54) is 11.1 Å². The molecule has 2 heterocycles. The summed E-state index contributed by atoms with van der Waals surface area (Å²) in [6, 6.07) is 16.4. The lowest BCUT2D eigenvalue weighted by Gasteiger charge is -2.33. The number of methoxy groups -OCH3 is 1. The number of aliphatic carboxylic acids is 1. The van der Waals surface area contributed by atoms with Crippen molar-refractivity contribution in [1.82, 2.24) is 9.88 Å². The van der Waals surface area contributed by atoms with Gasteiger partial charge in [0, 0.05) is 41.3 Å². The Labute approximate surface area is 204 Å². The van der Waals surface area contributed by atoms with Gasteiger partial charge in [-0.25, -0.2) is 9.78 Å². The number of hydrogen-bond donors (Lipinski definition) is 1. The van der Waals surface area contributed by atoms with Crippen LogP contribution in [0.3, 0.4) is 0 Å². The molecule has 0 amide bonds. The summed E-state index contributed by atoms with van der Waals surface area (Å²) in [6.45, 7) is 1.76. The number of aromatic nitrogens is 1. The second kappa shape index (κ2) is 10.6. The largest absolute Gasteiger partial charge is 0.490 e. The van der Waals surface area contributed by atoms with Gasteiger partial charge in [-0.15, -0.1) is 0 Å². The average molecular weight is 513 g/mol. The van der Waals surface area contributed by atoms with Crippen LogP contribution in [-0.4, -0.2) is 47.8 Å². The highest BCUT2D eigenvalue weighted by Gasteiger charge is 2.38. The molecular formula is C24H21Cl2F3N2O3. The summed E-state index contributed by atoms with van der Waals surface area (Å²) in [5.74, 6) is -1.93. The molecule has 3 aromatic rings. The minimum atomic E-state index is -5.08. The molecule has 0 spiro atoms. The van der Waals surface area contributed by atoms with Crippen molar-refractivity contribution >= 4 is 29.2 Å². The number of carboxylic acid groups (broad SMARTS) is 1. The van der Waals surface area contributed by atoms with Crippen molar-refractivity contribution in [2.75, 3.05) is 20.7 Å². The summed E-state index contributed by atoms with van der Waals surface area (Å²) in [4.78, 5) is 15.4. The van der Waals surface area contributed by atoms with Gasteiger partial charge in [-0.1, -0.05) is 47.5 Å². The average Bonchev–Trinajstić information content (AvgIpc) is 2.79. The van der Waals surface area contributed by atoms with E-state index in [4.69, 9.17) is 37.8 Å². The first-order valence-electron chi connectivity index (χ1n) is 10.1. The summed E-state index contributed by atoms with van der Waals surface area (Å²) in [7, 11) is 3.75. The summed E-state index contributed by atoms with van der Waals surface area (Å²) < 4.78 is 37.0. The Balaban J connectivity index is 0.000000406. The molecule has 1 aromatic heterocycles. The van der Waals surface area contributed by atoms with Gasteiger partial charge in [0.2, 0.25) is 5.88 Å². The van der Waals surface area contributed by atoms with Crippen LogP contribution in [0.1, 0.15) is 22.6 Å². The minimum absolute atomic E-state index is 0.221. The predicted octanol–water partition coefficient (Wildman–Crippen LogP) is 6.27. The van der Waals surface area contributed by atoms with Crippen molar-refractivity contribution in [1.29, 1.82) is 0 Å². The molecule has 0 unspecified atom stereocenters. The van der Waals surface area contributed by atoms with Gasteiger partial charge in [-0.2, -0.15) is 13.2 Å². The van der Waals surface area contributed by atoms with E-state index in [0.717, 1.165) is 34.8 Å². The second-order valence-electron chi connectivity index (χ2n) is 7.72. The van der Waals surface area contributed by atoms with E-state index in [-0.39, 0.29) is 5.92 Å². The fourth-order valence-electron chi connectivity index (χ4n) is 3.77. The van der Waals surface area contributed by atoms with E-state index in [2.05, 4.69) is 47.3 Å². The summed E-state index contributed by atoms with van der Waals surface area (Å²) in [5, 5.41) is 8.55. The van der Waals surface area contributed by atoms with Crippen molar-refractivity contribution < 1.29 is 27.8 Å². The first-order valence-corrected chi connectivity index (χ1v) is 10.8. The normalized spacial score (nSPS) is 15.7. The number of fused-ring (bicyclic) bond motifs is 1. The quantitative estimate of drug-likeness (QED) is 0.447. The number of hydrogen-bond acceptors (Lipinski definition) is 4. The molecule has 0 radical (unpaired) electrons. The summed E-state index contributed by atoms with van der Waals surface area (Å²) in [5.41, 5.74) is 5.84. The first kappa shape index (κ1) is 25.8. The molecule has 0 fully saturated rings. The van der Waals surface area contributed by atoms with E-state index in [0.29, 0.717) is 10.9 Å². The zero-order valence-corrected chi connectivity index (χ0v) is 19.7. The van der Waals surface area contributed by atoms with Crippen LogP contribution in [0.25, 0.3) is 11.1 Å². The van der Waals surface area contributed by atoms with Crippen molar-refractivity contribution in [3.63, 3.8) is 0 Å². The van der Waals surface area contributed by atoms with E-state index in [1.807, 2.05) is 18.2 Å². The Hall–Kier alpha value is -2.81. The number of benzene rings is 2. The molecule has 0 aliphatic carbocycles. The molecule has 5 nitrogen and oxygen atoms in total. The van der Waals surface area contributed by atoms with Gasteiger partial charge >= 0.3 is 12.1 Å².